The molecule has 0 atom stereocenters. The maximum absolute atomic E-state index is 6.35. The summed E-state index contributed by atoms with van der Waals surface area (Å²) in [7, 11) is -4.91. The van der Waals surface area contributed by atoms with E-state index in [-0.39, 0.29) is 31.6 Å². The molecule has 0 saturated carbocycles. The minimum absolute atomic E-state index is 0. The Balaban J connectivity index is 0.000000130. The van der Waals surface area contributed by atoms with E-state index < -0.39 is 55.0 Å². The molecule has 0 aliphatic carbocycles. The van der Waals surface area contributed by atoms with Gasteiger partial charge in [0.25, 0.3) is 0 Å². The van der Waals surface area contributed by atoms with Crippen molar-refractivity contribution in [3.05, 3.63) is 511 Å². The van der Waals surface area contributed by atoms with E-state index in [1.54, 1.807) is 0 Å². The Bertz CT molecular complexity index is 6540. The zero-order valence-electron chi connectivity index (χ0n) is 79.6. The van der Waals surface area contributed by atoms with Crippen molar-refractivity contribution in [3.8, 4) is 34.1 Å². The number of hydrogen-bond donors (Lipinski definition) is 0. The van der Waals surface area contributed by atoms with E-state index in [9.17, 15) is 0 Å². The van der Waals surface area contributed by atoms with Crippen LogP contribution in [0.1, 0.15) is 38.8 Å². The number of halogens is 3. The molecule has 0 radical (unpaired) electrons. The Labute approximate surface area is 861 Å². The zero-order chi connectivity index (χ0) is 96.3. The molecule has 1 aliphatic heterocycles. The van der Waals surface area contributed by atoms with E-state index in [4.69, 9.17) is 41.3 Å². The van der Waals surface area contributed by atoms with Crippen LogP contribution in [0.3, 0.4) is 0 Å². The molecule has 2 aromatic heterocycles. The molecule has 4 nitrogen and oxygen atoms in total. The van der Waals surface area contributed by atoms with E-state index in [1.807, 2.05) is 91.0 Å². The Kier molecular flexibility index (Phi) is 37.3. The summed E-state index contributed by atoms with van der Waals surface area (Å²) in [6, 6.07) is 169. The van der Waals surface area contributed by atoms with Crippen molar-refractivity contribution in [2.24, 2.45) is 0 Å². The van der Waals surface area contributed by atoms with Crippen LogP contribution in [0.15, 0.2) is 499 Å². The van der Waals surface area contributed by atoms with Crippen LogP contribution >= 0.6 is 70.8 Å². The number of para-hydroxylation sites is 2. The molecule has 3 heterocycles. The summed E-state index contributed by atoms with van der Waals surface area (Å²) in [6.07, 6.45) is 0. The molecule has 139 heavy (non-hydrogen) atoms. The van der Waals surface area contributed by atoms with Crippen LogP contribution in [0.5, 0.6) is 0 Å². The van der Waals surface area contributed by atoms with Gasteiger partial charge in [-0.15, -0.1) is 11.1 Å². The minimum atomic E-state index is -1.45. The molecule has 1 fully saturated rings. The van der Waals surface area contributed by atoms with Crippen LogP contribution < -0.4 is 69.1 Å². The normalized spacial score (nSPS) is 12.2. The van der Waals surface area contributed by atoms with Gasteiger partial charge in [-0.25, -0.2) is 0 Å². The fourth-order valence-corrected chi connectivity index (χ4v) is 26.7. The molecule has 0 N–H and O–H groups in total. The van der Waals surface area contributed by atoms with E-state index in [2.05, 4.69) is 500 Å². The summed E-state index contributed by atoms with van der Waals surface area (Å²) >= 11 is 16.1. The van der Waals surface area contributed by atoms with E-state index in [1.165, 1.54) is 63.7 Å². The SMILES string of the molecule is CC1(C)OB(c2cccc3oc4c(Cl)cccc4c23)OC1(C)C.C[Si](C)(C)C#Cc1ccccc1-c1cccc2oc3c(Cl)cccc3c12.C[Si](C)(C)C#Cc1ccccc1Br.[Pd].c1ccc(P(c2ccccc2)c2ccccc2)cc1.c1ccc(P(c2ccccc2)c2ccccc2)cc1.c1ccc(P(c2ccccc2)c2ccccc2)cc1.c1ccc(P(c2ccccc2)c2ccccc2)cc1. The topological polar surface area (TPSA) is 44.7 Å². The molecule has 1 aliphatic rings. The van der Waals surface area contributed by atoms with Gasteiger partial charge in [0, 0.05) is 57.6 Å². The maximum atomic E-state index is 6.35. The van der Waals surface area contributed by atoms with E-state index >= 15 is 0 Å². The first-order valence-corrected chi connectivity index (χ1v) is 60.2. The molecule has 0 unspecified atom stereocenters. The van der Waals surface area contributed by atoms with Gasteiger partial charge in [-0.2, -0.15) is 0 Å². The number of hydrogen-bond acceptors (Lipinski definition) is 4. The molecule has 20 aromatic rings. The molecule has 0 bridgehead atoms. The number of benzene rings is 18. The van der Waals surface area contributed by atoms with Gasteiger partial charge in [0.2, 0.25) is 0 Å². The van der Waals surface area contributed by atoms with Crippen LogP contribution in [0, 0.1) is 22.9 Å². The fourth-order valence-electron chi connectivity index (χ4n) is 15.7. The van der Waals surface area contributed by atoms with Crippen molar-refractivity contribution in [2.75, 3.05) is 0 Å². The zero-order valence-corrected chi connectivity index (χ0v) is 89.9. The molecule has 692 valence electrons. The van der Waals surface area contributed by atoms with Gasteiger partial charge in [-0.3, -0.25) is 0 Å². The summed E-state index contributed by atoms with van der Waals surface area (Å²) in [5, 5.41) is 22.1. The minimum Gasteiger partial charge on any atom is -0.455 e. The van der Waals surface area contributed by atoms with Crippen LogP contribution in [-0.2, 0) is 29.7 Å². The Morgan fingerprint density at radius 3 is 0.777 bits per heavy atom. The number of fused-ring (bicyclic) bond motifs is 6. The largest absolute Gasteiger partial charge is 0.495 e. The van der Waals surface area contributed by atoms with Gasteiger partial charge in [-0.05, 0) is 198 Å². The van der Waals surface area contributed by atoms with Crippen LogP contribution in [-0.4, -0.2) is 34.5 Å². The van der Waals surface area contributed by atoms with Crippen molar-refractivity contribution in [3.63, 3.8) is 0 Å². The first-order chi connectivity index (χ1) is 67.0. The second-order valence-corrected chi connectivity index (χ2v) is 55.9. The van der Waals surface area contributed by atoms with Crippen molar-refractivity contribution in [1.29, 1.82) is 0 Å². The Hall–Kier alpha value is -11.5. The average molecular weight is 2110 g/mol. The fraction of sp³-hybridized carbons (Fsp3) is 0.0968. The van der Waals surface area contributed by atoms with E-state index in [0.717, 1.165) is 70.5 Å². The van der Waals surface area contributed by atoms with Crippen LogP contribution in [0.4, 0.5) is 0 Å². The molecule has 1 saturated heterocycles. The number of furan rings is 2. The standard InChI is InChI=1S/C23H19ClOSi.C18H18BClO3.4C18H15P.C11H13BrSi.Pd/c1-26(2,3)15-14-16-8-4-5-9-17(16)18-10-7-13-21-22(18)19-11-6-12-20(24)23(19)25-21;1-17(2)18(3,4)23-19(22-17)12-8-6-10-14-15(12)11-7-5-9-13(20)16(11)21-14;4*1-4-10-16(11-5-1)19(17-12-6-2-7-13-17)18-14-8-3-9-15-18;1-13(2,3)9-8-10-6-4-5-7-11(10)12;/h4-13H,1-3H3;5-10H,1-4H3;4*1-15H;4-7H,1-3H3;. The summed E-state index contributed by atoms with van der Waals surface area (Å²) in [4.78, 5) is 0. The van der Waals surface area contributed by atoms with Crippen molar-refractivity contribution in [2.45, 2.75) is 78.2 Å². The first-order valence-electron chi connectivity index (χ1n) is 46.3. The number of rotatable bonds is 14. The molecule has 0 spiro atoms. The van der Waals surface area contributed by atoms with Gasteiger partial charge < -0.3 is 18.1 Å². The van der Waals surface area contributed by atoms with Gasteiger partial charge in [-0.1, -0.05) is 517 Å². The average Bonchev–Trinajstić information content (AvgIpc) is 1.59. The maximum Gasteiger partial charge on any atom is 0.495 e. The second kappa shape index (κ2) is 50.1. The summed E-state index contributed by atoms with van der Waals surface area (Å²) in [5.41, 5.74) is 14.5. The third-order valence-corrected chi connectivity index (χ3v) is 35.7. The molecular formula is C124H110BBrCl2O4P4PdSi2. The third-order valence-electron chi connectivity index (χ3n) is 22.9. The Morgan fingerprint density at radius 1 is 0.259 bits per heavy atom. The van der Waals surface area contributed by atoms with Crippen LogP contribution in [0.2, 0.25) is 49.3 Å². The van der Waals surface area contributed by atoms with Crippen molar-refractivity contribution >= 4 is 207 Å². The molecule has 0 amide bonds. The van der Waals surface area contributed by atoms with Crippen molar-refractivity contribution in [1.82, 2.24) is 0 Å². The smallest absolute Gasteiger partial charge is 0.455 e. The predicted molar refractivity (Wildman–Crippen MR) is 614 cm³/mol. The first kappa shape index (κ1) is 103. The molecule has 18 aromatic carbocycles. The van der Waals surface area contributed by atoms with Gasteiger partial charge in [0.15, 0.2) is 11.2 Å². The molecule has 21 rings (SSSR count). The van der Waals surface area contributed by atoms with E-state index in [0.29, 0.717) is 15.6 Å². The second-order valence-electron chi connectivity index (χ2n) is 35.8. The van der Waals surface area contributed by atoms with Crippen LogP contribution in [0.25, 0.3) is 55.0 Å². The summed E-state index contributed by atoms with van der Waals surface area (Å²) in [6.45, 7) is 21.7. The molecular weight excluding hydrogens is 2000 g/mol. The van der Waals surface area contributed by atoms with Gasteiger partial charge >= 0.3 is 7.12 Å². The Morgan fingerprint density at radius 2 is 0.489 bits per heavy atom. The summed E-state index contributed by atoms with van der Waals surface area (Å²) in [5.74, 6) is 6.64. The quantitative estimate of drug-likeness (QED) is 0.0618. The van der Waals surface area contributed by atoms with Gasteiger partial charge in [0.1, 0.15) is 27.3 Å². The summed E-state index contributed by atoms with van der Waals surface area (Å²) < 4.78 is 25.5. The predicted octanol–water partition coefficient (Wildman–Crippen LogP) is 29.1. The van der Waals surface area contributed by atoms with Crippen molar-refractivity contribution < 1.29 is 38.6 Å². The monoisotopic (exact) mass is 2110 g/mol. The third kappa shape index (κ3) is 27.8. The van der Waals surface area contributed by atoms with Gasteiger partial charge in [0.05, 0.1) is 21.2 Å². The molecule has 15 heteroatoms.